The van der Waals surface area contributed by atoms with Crippen LogP contribution < -0.4 is 38.5 Å². The number of fused-ring (bicyclic) bond motifs is 6. The first-order chi connectivity index (χ1) is 44.7. The number of rotatable bonds is 17. The number of nitrogens with two attached hydrogens (primary N) is 3. The number of amides is 5. The van der Waals surface area contributed by atoms with E-state index in [1.54, 1.807) is 60.5 Å². The molecule has 6 aromatic heterocycles. The summed E-state index contributed by atoms with van der Waals surface area (Å²) in [6, 6.07) is 6.52. The molecular weight excluding hydrogens is 1310 g/mol. The van der Waals surface area contributed by atoms with E-state index >= 15 is 0 Å². The van der Waals surface area contributed by atoms with Crippen LogP contribution in [0.1, 0.15) is 122 Å². The van der Waals surface area contributed by atoms with Gasteiger partial charge >= 0.3 is 12.1 Å². The molecule has 97 heavy (non-hydrogen) atoms. The van der Waals surface area contributed by atoms with Gasteiger partial charge in [0.25, 0.3) is 11.8 Å². The van der Waals surface area contributed by atoms with Gasteiger partial charge in [-0.25, -0.2) is 52.3 Å². The minimum absolute atomic E-state index is 0. The number of aliphatic carboxylic acids is 1. The van der Waals surface area contributed by atoms with Crippen molar-refractivity contribution < 1.29 is 61.9 Å². The second kappa shape index (κ2) is 30.2. The van der Waals surface area contributed by atoms with Gasteiger partial charge in [0.2, 0.25) is 41.5 Å². The Morgan fingerprint density at radius 1 is 0.598 bits per heavy atom. The van der Waals surface area contributed by atoms with Gasteiger partial charge in [0.1, 0.15) is 37.1 Å². The van der Waals surface area contributed by atoms with Crippen LogP contribution in [0.15, 0.2) is 92.2 Å². The van der Waals surface area contributed by atoms with Crippen molar-refractivity contribution in [3.05, 3.63) is 109 Å². The first kappa shape index (κ1) is 73.2. The summed E-state index contributed by atoms with van der Waals surface area (Å²) in [7, 11) is 0. The molecule has 6 bridgehead atoms. The number of hydrogen-bond donors (Lipinski definition) is 8. The van der Waals surface area contributed by atoms with Crippen molar-refractivity contribution in [1.29, 1.82) is 0 Å². The fourth-order valence-corrected chi connectivity index (χ4v) is 12.2. The number of hydrogen-bond acceptors (Lipinski definition) is 20. The monoisotopic (exact) mass is 1400 g/mol. The first-order valence-corrected chi connectivity index (χ1v) is 30.6. The second-order valence-corrected chi connectivity index (χ2v) is 25.2. The Kier molecular flexibility index (Phi) is 22.8. The molecule has 0 aromatic carbocycles. The summed E-state index contributed by atoms with van der Waals surface area (Å²) in [5.74, 6) is -10.2. The normalized spacial score (nSPS) is 22.9. The van der Waals surface area contributed by atoms with E-state index < -0.39 is 65.3 Å². The molecular formula is C62H85Cl2F4N21O8. The van der Waals surface area contributed by atoms with Crippen molar-refractivity contribution in [1.82, 2.24) is 74.4 Å². The molecule has 0 radical (unpaired) electrons. The average molecular weight is 1400 g/mol. The minimum atomic E-state index is -2.91. The van der Waals surface area contributed by atoms with Gasteiger partial charge < -0.3 is 53.2 Å². The van der Waals surface area contributed by atoms with Crippen molar-refractivity contribution in [3.63, 3.8) is 0 Å². The number of ether oxygens (including phenoxy) is 1. The molecule has 8 aliphatic rings. The molecule has 6 unspecified atom stereocenters. The molecule has 5 amide bonds. The third-order valence-corrected chi connectivity index (χ3v) is 16.6. The van der Waals surface area contributed by atoms with Crippen LogP contribution >= 0.6 is 24.8 Å². The van der Waals surface area contributed by atoms with Crippen LogP contribution in [-0.2, 0) is 48.3 Å². The van der Waals surface area contributed by atoms with Crippen LogP contribution in [0.2, 0.25) is 0 Å². The highest BCUT2D eigenvalue weighted by atomic mass is 35.5. The van der Waals surface area contributed by atoms with Gasteiger partial charge in [-0.3, -0.25) is 42.9 Å². The summed E-state index contributed by atoms with van der Waals surface area (Å²) >= 11 is 0. The smallest absolute Gasteiger partial charge is 0.411 e. The van der Waals surface area contributed by atoms with Crippen molar-refractivity contribution in [2.75, 3.05) is 16.0 Å². The number of primary amides is 3. The summed E-state index contributed by atoms with van der Waals surface area (Å²) in [5, 5.41) is 32.9. The largest absolute Gasteiger partial charge is 0.481 e. The van der Waals surface area contributed by atoms with Crippen molar-refractivity contribution in [3.8, 4) is 0 Å². The lowest BCUT2D eigenvalue weighted by molar-refractivity contribution is -0.141. The third kappa shape index (κ3) is 18.7. The van der Waals surface area contributed by atoms with Crippen molar-refractivity contribution in [2.45, 2.75) is 172 Å². The molecule has 14 rings (SSSR count). The third-order valence-electron chi connectivity index (χ3n) is 16.6. The maximum atomic E-state index is 13.4. The molecule has 29 nitrogen and oxygen atoms in total. The van der Waals surface area contributed by atoms with Gasteiger partial charge in [0, 0.05) is 79.9 Å². The molecule has 2 saturated carbocycles. The van der Waals surface area contributed by atoms with Gasteiger partial charge in [-0.15, -0.1) is 24.8 Å². The summed E-state index contributed by atoms with van der Waals surface area (Å²) in [6.07, 6.45) is 28.2. The predicted octanol–water partition coefficient (Wildman–Crippen LogP) is 8.16. The molecule has 2 aliphatic carbocycles. The Morgan fingerprint density at radius 3 is 1.33 bits per heavy atom. The molecule has 5 fully saturated rings. The summed E-state index contributed by atoms with van der Waals surface area (Å²) in [5.41, 5.74) is 22.8. The average Bonchev–Trinajstić information content (AvgIpc) is 1.59. The Labute approximate surface area is 572 Å². The quantitative estimate of drug-likeness (QED) is 0.0399. The van der Waals surface area contributed by atoms with E-state index in [2.05, 4.69) is 78.6 Å². The van der Waals surface area contributed by atoms with Crippen molar-refractivity contribution in [2.24, 2.45) is 29.0 Å². The molecule has 35 heteroatoms. The standard InChI is InChI=1S/C21H27N7O3.C20H21F2N7O2.C16H19N7O.C4H4F2O2.CH4.2ClH.4H2/c1-21(2,3)31-20(30)28-15-4-5-16(28)9-13(8-15)17-6-7-23-19(26-17)25-14-10-24-27(11-14)12-18(22)29;21-20(22)7-15(20)18(31)29-13-1-2-14(29)6-11(5-13)16-3-4-24-19(27-16)26-12-8-25-28(9-12)10-17(23)30;17-15(24)9-23-8-13(7-19-23)21-16-18-4-3-14(22-16)10-5-11-1-2-12(6-10)20-11;5-4(6)1-2(4)3(7)8;;;;;;;/h6-8,10-11,15-16H,4-5,9,12H2,1-3H3,(H2,22,29)(H,23,25,26);3-5,8-9,13-15H,1-2,6-7,10H2,(H2,23,30)(H,24,26,27);3-5,7-8,11-12,20H,1-2,6,9H2,(H2,17,24)(H,18,21,22);2H,1H2,(H,7,8);1H4;6*1H/t;13?,14?,15-;;2-;;;;;;;/m.0.0......./s1. The maximum absolute atomic E-state index is 13.4. The summed E-state index contributed by atoms with van der Waals surface area (Å²) in [6.45, 7) is 5.67. The lowest BCUT2D eigenvalue weighted by Gasteiger charge is -2.35. The van der Waals surface area contributed by atoms with Crippen molar-refractivity contribution >= 4 is 112 Å². The zero-order chi connectivity index (χ0) is 66.8. The van der Waals surface area contributed by atoms with Crippen LogP contribution in [0, 0.1) is 11.8 Å². The number of carboxylic acids is 1. The van der Waals surface area contributed by atoms with E-state index in [1.807, 2.05) is 43.9 Å². The van der Waals surface area contributed by atoms with Crippen LogP contribution in [0.5, 0.6) is 0 Å². The summed E-state index contributed by atoms with van der Waals surface area (Å²) < 4.78 is 60.0. The van der Waals surface area contributed by atoms with E-state index in [0.717, 1.165) is 66.8 Å². The van der Waals surface area contributed by atoms with E-state index in [1.165, 1.54) is 38.7 Å². The van der Waals surface area contributed by atoms with E-state index in [-0.39, 0.29) is 94.3 Å². The summed E-state index contributed by atoms with van der Waals surface area (Å²) in [4.78, 5) is 97.9. The van der Waals surface area contributed by atoms with E-state index in [0.29, 0.717) is 53.4 Å². The maximum Gasteiger partial charge on any atom is 0.411 e. The Morgan fingerprint density at radius 2 is 0.990 bits per heavy atom. The number of alkyl halides is 4. The van der Waals surface area contributed by atoms with Crippen LogP contribution in [0.25, 0.3) is 16.7 Å². The molecule has 528 valence electrons. The fourth-order valence-electron chi connectivity index (χ4n) is 12.2. The topological polar surface area (TPSA) is 395 Å². The number of nitrogens with zero attached hydrogens (tertiary/aromatic N) is 14. The highest BCUT2D eigenvalue weighted by Gasteiger charge is 2.64. The number of carboxylic acid groups (broad SMARTS) is 1. The lowest BCUT2D eigenvalue weighted by atomic mass is 9.98. The Bertz CT molecular complexity index is 3990. The van der Waals surface area contributed by atoms with Gasteiger partial charge in [-0.1, -0.05) is 25.7 Å². The van der Waals surface area contributed by atoms with Crippen LogP contribution in [-0.4, -0.2) is 164 Å². The number of carbonyl (C=O) groups is 6. The zero-order valence-corrected chi connectivity index (χ0v) is 53.9. The lowest BCUT2D eigenvalue weighted by Crippen LogP contribution is -2.45. The Hall–Kier alpha value is -9.63. The van der Waals surface area contributed by atoms with Gasteiger partial charge in [0.05, 0.1) is 64.8 Å². The Balaban J connectivity index is 0.000000296. The highest BCUT2D eigenvalue weighted by Crippen LogP contribution is 2.52. The highest BCUT2D eigenvalue weighted by molar-refractivity contribution is 5.86. The molecule has 8 atom stereocenters. The van der Waals surface area contributed by atoms with E-state index in [9.17, 15) is 46.3 Å². The molecule has 0 spiro atoms. The molecule has 3 saturated heterocycles. The number of halogens is 6. The SMILES string of the molecule is C.CC(C)(C)OC(=O)N1C2C=C(c3ccnc(Nc4cnn(CC(N)=O)c4)n3)CC1CC2.Cl.Cl.NC(=O)Cn1cc(Nc2nccc(C3=CC4CCC(C3)N4)n2)cn1.NC(=O)Cn1cc(Nc2nccc(C3=CC4CCC(C3)N4C(=O)[C@@H]3CC3(F)F)n2)cn1.O=C(O)[C@@H]1CC1(F)F.[HH].[HH].[HH].[HH]. The molecule has 6 aromatic rings. The van der Waals surface area contributed by atoms with Gasteiger partial charge in [-0.2, -0.15) is 15.3 Å². The number of anilines is 6. The van der Waals surface area contributed by atoms with Gasteiger partial charge in [-0.05, 0) is 113 Å². The number of carbonyl (C=O) groups excluding carboxylic acids is 5. The predicted molar refractivity (Wildman–Crippen MR) is 360 cm³/mol. The molecule has 6 aliphatic heterocycles. The zero-order valence-electron chi connectivity index (χ0n) is 52.3. The van der Waals surface area contributed by atoms with Gasteiger partial charge in [0.15, 0.2) is 0 Å². The van der Waals surface area contributed by atoms with E-state index in [4.69, 9.17) is 27.0 Å². The second-order valence-electron chi connectivity index (χ2n) is 25.2. The first-order valence-electron chi connectivity index (χ1n) is 30.6. The number of nitrogens with one attached hydrogen (secondary N) is 4. The van der Waals surface area contributed by atoms with Crippen LogP contribution in [0.3, 0.4) is 0 Å². The van der Waals surface area contributed by atoms with Crippen LogP contribution in [0.4, 0.5) is 57.3 Å². The minimum Gasteiger partial charge on any atom is -0.481 e. The molecule has 11 N–H and O–H groups in total. The number of aromatic nitrogens is 12. The fraction of sp³-hybridized carbons (Fsp3) is 0.468. The molecule has 12 heterocycles.